The number of rotatable bonds is 5. The lowest BCUT2D eigenvalue weighted by Gasteiger charge is -2.32. The lowest BCUT2D eigenvalue weighted by Crippen LogP contribution is -2.39. The topological polar surface area (TPSA) is 67.1 Å². The Hall–Kier alpha value is -0.620. The van der Waals surface area contributed by atoms with Crippen LogP contribution in [0.25, 0.3) is 0 Å². The van der Waals surface area contributed by atoms with Gasteiger partial charge in [0, 0.05) is 35.8 Å². The molecule has 3 aliphatic rings. The maximum atomic E-state index is 5.88. The fourth-order valence-corrected chi connectivity index (χ4v) is 4.65. The number of aromatic nitrogens is 2. The van der Waals surface area contributed by atoms with E-state index < -0.39 is 0 Å². The molecule has 2 saturated heterocycles. The zero-order valence-corrected chi connectivity index (χ0v) is 15.7. The Labute approximate surface area is 157 Å². The molecule has 7 heteroatoms. The van der Waals surface area contributed by atoms with Crippen LogP contribution in [-0.4, -0.2) is 46.1 Å². The average molecular weight is 374 g/mol. The molecule has 0 aromatic carbocycles. The van der Waals surface area contributed by atoms with Gasteiger partial charge in [-0.15, -0.1) is 24.8 Å². The van der Waals surface area contributed by atoms with Crippen LogP contribution in [0.1, 0.15) is 56.6 Å². The van der Waals surface area contributed by atoms with Gasteiger partial charge >= 0.3 is 0 Å². The minimum atomic E-state index is 0. The van der Waals surface area contributed by atoms with Crippen molar-refractivity contribution in [2.24, 2.45) is 5.73 Å². The van der Waals surface area contributed by atoms with Crippen molar-refractivity contribution in [2.75, 3.05) is 25.0 Å². The maximum absolute atomic E-state index is 5.88. The largest absolute Gasteiger partial charge is 0.370 e. The van der Waals surface area contributed by atoms with Crippen molar-refractivity contribution in [3.63, 3.8) is 0 Å². The monoisotopic (exact) mass is 373 g/mol. The van der Waals surface area contributed by atoms with Crippen molar-refractivity contribution >= 4 is 30.6 Å². The van der Waals surface area contributed by atoms with Gasteiger partial charge in [0.1, 0.15) is 12.1 Å². The summed E-state index contributed by atoms with van der Waals surface area (Å²) in [4.78, 5) is 11.5. The molecule has 2 aliphatic heterocycles. The van der Waals surface area contributed by atoms with Gasteiger partial charge in [-0.05, 0) is 58.0 Å². The van der Waals surface area contributed by atoms with Gasteiger partial charge in [-0.2, -0.15) is 0 Å². The van der Waals surface area contributed by atoms with Crippen molar-refractivity contribution in [2.45, 2.75) is 62.4 Å². The summed E-state index contributed by atoms with van der Waals surface area (Å²) >= 11 is 0. The Kier molecular flexibility index (Phi) is 6.71. The highest BCUT2D eigenvalue weighted by Gasteiger charge is 2.43. The van der Waals surface area contributed by atoms with Gasteiger partial charge in [0.05, 0.1) is 0 Å². The SMILES string of the molecule is Cl.Cl.NC1CC(c2cc(NCCC34CCCN3CCC4)ncn2)C1. The van der Waals surface area contributed by atoms with Crippen LogP contribution in [0.4, 0.5) is 5.82 Å². The molecule has 0 bridgehead atoms. The Morgan fingerprint density at radius 3 is 2.54 bits per heavy atom. The Morgan fingerprint density at radius 2 is 1.88 bits per heavy atom. The first-order chi connectivity index (χ1) is 10.8. The van der Waals surface area contributed by atoms with Gasteiger partial charge in [-0.3, -0.25) is 4.90 Å². The number of nitrogens with zero attached hydrogens (tertiary/aromatic N) is 3. The molecule has 1 aromatic heterocycles. The van der Waals surface area contributed by atoms with Crippen molar-refractivity contribution in [3.8, 4) is 0 Å². The van der Waals surface area contributed by atoms with Crippen LogP contribution < -0.4 is 11.1 Å². The molecule has 0 radical (unpaired) electrons. The van der Waals surface area contributed by atoms with E-state index in [0.29, 0.717) is 17.5 Å². The number of halogens is 2. The van der Waals surface area contributed by atoms with Gasteiger partial charge in [-0.25, -0.2) is 9.97 Å². The molecule has 24 heavy (non-hydrogen) atoms. The minimum Gasteiger partial charge on any atom is -0.370 e. The van der Waals surface area contributed by atoms with E-state index in [2.05, 4.69) is 26.3 Å². The van der Waals surface area contributed by atoms with Gasteiger partial charge < -0.3 is 11.1 Å². The summed E-state index contributed by atoms with van der Waals surface area (Å²) in [5.41, 5.74) is 7.52. The molecule has 0 unspecified atom stereocenters. The van der Waals surface area contributed by atoms with Crippen LogP contribution in [0.3, 0.4) is 0 Å². The second-order valence-electron chi connectivity index (χ2n) is 7.35. The van der Waals surface area contributed by atoms with Crippen LogP contribution in [0.15, 0.2) is 12.4 Å². The molecule has 1 saturated carbocycles. The van der Waals surface area contributed by atoms with E-state index in [1.165, 1.54) is 45.2 Å². The molecule has 0 spiro atoms. The number of nitrogens with two attached hydrogens (primary N) is 1. The second-order valence-corrected chi connectivity index (χ2v) is 7.35. The van der Waals surface area contributed by atoms with Crippen LogP contribution in [0.5, 0.6) is 0 Å². The summed E-state index contributed by atoms with van der Waals surface area (Å²) in [5, 5.41) is 3.52. The first-order valence-electron chi connectivity index (χ1n) is 8.82. The average Bonchev–Trinajstić information content (AvgIpc) is 3.04. The second kappa shape index (κ2) is 8.17. The van der Waals surface area contributed by atoms with Gasteiger partial charge in [0.25, 0.3) is 0 Å². The molecular weight excluding hydrogens is 345 g/mol. The smallest absolute Gasteiger partial charge is 0.129 e. The number of fused-ring (bicyclic) bond motifs is 1. The number of anilines is 1. The van der Waals surface area contributed by atoms with E-state index >= 15 is 0 Å². The lowest BCUT2D eigenvalue weighted by molar-refractivity contribution is 0.187. The van der Waals surface area contributed by atoms with Crippen molar-refractivity contribution in [1.29, 1.82) is 0 Å². The van der Waals surface area contributed by atoms with E-state index in [4.69, 9.17) is 5.73 Å². The molecule has 3 heterocycles. The van der Waals surface area contributed by atoms with Gasteiger partial charge in [0.2, 0.25) is 0 Å². The summed E-state index contributed by atoms with van der Waals surface area (Å²) in [7, 11) is 0. The molecular formula is C17H29Cl2N5. The van der Waals surface area contributed by atoms with Crippen LogP contribution in [0, 0.1) is 0 Å². The highest BCUT2D eigenvalue weighted by atomic mass is 35.5. The zero-order chi connectivity index (χ0) is 15.0. The fourth-order valence-electron chi connectivity index (χ4n) is 4.65. The van der Waals surface area contributed by atoms with Crippen molar-refractivity contribution in [1.82, 2.24) is 14.9 Å². The highest BCUT2D eigenvalue weighted by Crippen LogP contribution is 2.41. The quantitative estimate of drug-likeness (QED) is 0.830. The highest BCUT2D eigenvalue weighted by molar-refractivity contribution is 5.85. The molecule has 0 atom stereocenters. The van der Waals surface area contributed by atoms with Crippen LogP contribution in [-0.2, 0) is 0 Å². The first-order valence-corrected chi connectivity index (χ1v) is 8.82. The lowest BCUT2D eigenvalue weighted by atomic mass is 9.78. The predicted molar refractivity (Wildman–Crippen MR) is 102 cm³/mol. The molecule has 1 aliphatic carbocycles. The first kappa shape index (κ1) is 19.7. The van der Waals surface area contributed by atoms with E-state index in [1.807, 2.05) is 0 Å². The molecule has 1 aromatic rings. The predicted octanol–water partition coefficient (Wildman–Crippen LogP) is 2.96. The molecule has 0 amide bonds. The summed E-state index contributed by atoms with van der Waals surface area (Å²) in [6.07, 6.45) is 10.6. The fraction of sp³-hybridized carbons (Fsp3) is 0.765. The van der Waals surface area contributed by atoms with E-state index in [0.717, 1.165) is 30.9 Å². The van der Waals surface area contributed by atoms with E-state index in [9.17, 15) is 0 Å². The van der Waals surface area contributed by atoms with Crippen molar-refractivity contribution < 1.29 is 0 Å². The van der Waals surface area contributed by atoms with E-state index in [-0.39, 0.29) is 24.8 Å². The molecule has 5 nitrogen and oxygen atoms in total. The number of hydrogen-bond acceptors (Lipinski definition) is 5. The number of nitrogens with one attached hydrogen (secondary N) is 1. The van der Waals surface area contributed by atoms with Crippen LogP contribution >= 0.6 is 24.8 Å². The summed E-state index contributed by atoms with van der Waals surface area (Å²) in [6, 6.07) is 2.49. The summed E-state index contributed by atoms with van der Waals surface area (Å²) in [5.74, 6) is 1.52. The minimum absolute atomic E-state index is 0. The zero-order valence-electron chi connectivity index (χ0n) is 14.1. The Bertz CT molecular complexity index is 525. The van der Waals surface area contributed by atoms with E-state index in [1.54, 1.807) is 6.33 Å². The normalized spacial score (nSPS) is 27.5. The molecule has 136 valence electrons. The van der Waals surface area contributed by atoms with Crippen molar-refractivity contribution in [3.05, 3.63) is 18.1 Å². The van der Waals surface area contributed by atoms with Gasteiger partial charge in [-0.1, -0.05) is 0 Å². The third kappa shape index (κ3) is 3.79. The third-order valence-electron chi connectivity index (χ3n) is 5.99. The molecule has 3 N–H and O–H groups in total. The Balaban J connectivity index is 0.00000104. The maximum Gasteiger partial charge on any atom is 0.129 e. The van der Waals surface area contributed by atoms with Crippen LogP contribution in [0.2, 0.25) is 0 Å². The summed E-state index contributed by atoms with van der Waals surface area (Å²) < 4.78 is 0. The molecule has 4 rings (SSSR count). The van der Waals surface area contributed by atoms with Gasteiger partial charge in [0.15, 0.2) is 0 Å². The number of hydrogen-bond donors (Lipinski definition) is 2. The Morgan fingerprint density at radius 1 is 1.17 bits per heavy atom. The summed E-state index contributed by atoms with van der Waals surface area (Å²) in [6.45, 7) is 3.62. The molecule has 3 fully saturated rings. The third-order valence-corrected chi connectivity index (χ3v) is 5.99. The standard InChI is InChI=1S/C17H27N5.2ClH/c18-14-9-13(10-14)15-11-16(21-12-20-15)19-6-5-17-3-1-7-22(17)8-2-4-17;;/h11-14H,1-10,18H2,(H,19,20,21);2*1H.